The summed E-state index contributed by atoms with van der Waals surface area (Å²) >= 11 is 0. The van der Waals surface area contributed by atoms with Crippen LogP contribution in [0, 0.1) is 5.41 Å². The van der Waals surface area contributed by atoms with E-state index in [1.165, 1.54) is 12.5 Å². The van der Waals surface area contributed by atoms with Gasteiger partial charge in [-0.25, -0.2) is 23.4 Å². The number of hydrogen-bond acceptors (Lipinski definition) is 8. The van der Waals surface area contributed by atoms with Crippen molar-refractivity contribution in [3.05, 3.63) is 66.1 Å². The average molecular weight is 495 g/mol. The van der Waals surface area contributed by atoms with E-state index in [1.54, 1.807) is 24.5 Å². The van der Waals surface area contributed by atoms with Crippen molar-refractivity contribution in [1.82, 2.24) is 15.0 Å². The maximum Gasteiger partial charge on any atom is 0.367 e. The lowest BCUT2D eigenvalue weighted by Crippen LogP contribution is -2.41. The van der Waals surface area contributed by atoms with Crippen molar-refractivity contribution in [2.75, 3.05) is 29.6 Å². The Labute approximate surface area is 203 Å². The SMILES string of the molecule is CS(=O)(=O)CCNc1ccc(C([OH2+])=NC(=N)C2(c3ccc(-c4cnc(N)nc4)cc3)CCC2)cn1. The third-order valence-corrected chi connectivity index (χ3v) is 7.09. The van der Waals surface area contributed by atoms with Gasteiger partial charge in [-0.2, -0.15) is 0 Å². The molecule has 0 amide bonds. The Morgan fingerprint density at radius 2 is 1.77 bits per heavy atom. The summed E-state index contributed by atoms with van der Waals surface area (Å²) in [6.45, 7) is 0.254. The van der Waals surface area contributed by atoms with Gasteiger partial charge in [0, 0.05) is 37.0 Å². The molecule has 1 aliphatic rings. The molecule has 0 bridgehead atoms. The fraction of sp³-hybridized carbons (Fsp3) is 0.292. The molecule has 1 saturated carbocycles. The van der Waals surface area contributed by atoms with Gasteiger partial charge in [0.25, 0.3) is 0 Å². The molecule has 2 heterocycles. The molecule has 0 radical (unpaired) electrons. The van der Waals surface area contributed by atoms with Crippen molar-refractivity contribution in [2.45, 2.75) is 24.7 Å². The minimum Gasteiger partial charge on any atom is -0.578 e. The predicted molar refractivity (Wildman–Crippen MR) is 138 cm³/mol. The molecule has 1 aliphatic carbocycles. The fourth-order valence-corrected chi connectivity index (χ4v) is 4.42. The highest BCUT2D eigenvalue weighted by atomic mass is 32.2. The van der Waals surface area contributed by atoms with Gasteiger partial charge in [-0.3, -0.25) is 5.41 Å². The van der Waals surface area contributed by atoms with Crippen molar-refractivity contribution in [3.63, 3.8) is 0 Å². The number of rotatable bonds is 8. The number of aromatic nitrogens is 3. The van der Waals surface area contributed by atoms with E-state index in [2.05, 4.69) is 25.3 Å². The molecule has 6 N–H and O–H groups in total. The van der Waals surface area contributed by atoms with Crippen molar-refractivity contribution in [3.8, 4) is 11.1 Å². The van der Waals surface area contributed by atoms with Gasteiger partial charge in [0.1, 0.15) is 27.1 Å². The van der Waals surface area contributed by atoms with Crippen LogP contribution >= 0.6 is 0 Å². The summed E-state index contributed by atoms with van der Waals surface area (Å²) in [5.74, 6) is 0.877. The number of amidine groups is 1. The van der Waals surface area contributed by atoms with Gasteiger partial charge in [-0.05, 0) is 36.1 Å². The topological polar surface area (TPSA) is 170 Å². The van der Waals surface area contributed by atoms with E-state index in [1.807, 2.05) is 24.3 Å². The molecular formula is C24H28N7O3S+. The third-order valence-electron chi connectivity index (χ3n) is 6.14. The van der Waals surface area contributed by atoms with Crippen LogP contribution in [-0.2, 0) is 15.3 Å². The second kappa shape index (κ2) is 9.79. The van der Waals surface area contributed by atoms with Crippen LogP contribution in [0.15, 0.2) is 60.0 Å². The molecule has 0 saturated heterocycles. The molecule has 1 aromatic carbocycles. The summed E-state index contributed by atoms with van der Waals surface area (Å²) in [5.41, 5.74) is 8.35. The molecule has 10 nitrogen and oxygen atoms in total. The Bertz CT molecular complexity index is 1330. The van der Waals surface area contributed by atoms with Crippen LogP contribution in [0.1, 0.15) is 30.4 Å². The number of nitrogens with zero attached hydrogens (tertiary/aromatic N) is 4. The van der Waals surface area contributed by atoms with Crippen LogP contribution in [0.25, 0.3) is 11.1 Å². The lowest BCUT2D eigenvalue weighted by Gasteiger charge is -2.41. The highest BCUT2D eigenvalue weighted by Crippen LogP contribution is 2.45. The Hall–Kier alpha value is -3.86. The summed E-state index contributed by atoms with van der Waals surface area (Å²) < 4.78 is 22.5. The van der Waals surface area contributed by atoms with Gasteiger partial charge >= 0.3 is 5.90 Å². The normalized spacial score (nSPS) is 15.3. The summed E-state index contributed by atoms with van der Waals surface area (Å²) in [4.78, 5) is 16.6. The van der Waals surface area contributed by atoms with Crippen LogP contribution in [0.2, 0.25) is 0 Å². The summed E-state index contributed by atoms with van der Waals surface area (Å²) in [5, 5.41) is 20.0. The fourth-order valence-electron chi connectivity index (χ4n) is 3.95. The van der Waals surface area contributed by atoms with E-state index in [4.69, 9.17) is 16.2 Å². The molecule has 0 aliphatic heterocycles. The maximum absolute atomic E-state index is 11.2. The number of benzene rings is 1. The molecule has 0 atom stereocenters. The van der Waals surface area contributed by atoms with Crippen molar-refractivity contribution in [1.29, 1.82) is 5.41 Å². The van der Waals surface area contributed by atoms with E-state index in [0.29, 0.717) is 11.4 Å². The van der Waals surface area contributed by atoms with Crippen LogP contribution in [0.4, 0.5) is 11.8 Å². The van der Waals surface area contributed by atoms with Gasteiger partial charge < -0.3 is 16.2 Å². The van der Waals surface area contributed by atoms with Gasteiger partial charge in [0.2, 0.25) is 5.95 Å². The number of nitrogens with two attached hydrogens (primary N) is 1. The molecule has 0 unspecified atom stereocenters. The number of sulfone groups is 1. The van der Waals surface area contributed by atoms with E-state index >= 15 is 0 Å². The molecule has 182 valence electrons. The second-order valence-electron chi connectivity index (χ2n) is 8.64. The van der Waals surface area contributed by atoms with Crippen LogP contribution in [-0.4, -0.2) is 58.8 Å². The van der Waals surface area contributed by atoms with Crippen LogP contribution < -0.4 is 11.1 Å². The first kappa shape index (κ1) is 24.3. The molecule has 4 rings (SSSR count). The molecular weight excluding hydrogens is 466 g/mol. The third kappa shape index (κ3) is 5.62. The minimum atomic E-state index is -3.05. The summed E-state index contributed by atoms with van der Waals surface area (Å²) in [6, 6.07) is 11.3. The Balaban J connectivity index is 1.47. The van der Waals surface area contributed by atoms with E-state index in [9.17, 15) is 8.42 Å². The molecule has 0 spiro atoms. The number of nitrogens with one attached hydrogen (secondary N) is 2. The van der Waals surface area contributed by atoms with Crippen LogP contribution in [0.5, 0.6) is 0 Å². The quantitative estimate of drug-likeness (QED) is 0.245. The zero-order valence-electron chi connectivity index (χ0n) is 19.3. The van der Waals surface area contributed by atoms with Crippen molar-refractivity contribution in [2.24, 2.45) is 4.99 Å². The number of pyridine rings is 1. The number of aliphatic imine (C=N–C) groups is 1. The zero-order valence-corrected chi connectivity index (χ0v) is 20.1. The summed E-state index contributed by atoms with van der Waals surface area (Å²) in [6.07, 6.45) is 8.63. The second-order valence-corrected chi connectivity index (χ2v) is 10.9. The van der Waals surface area contributed by atoms with Gasteiger partial charge in [-0.1, -0.05) is 30.7 Å². The smallest absolute Gasteiger partial charge is 0.367 e. The first-order valence-electron chi connectivity index (χ1n) is 11.1. The maximum atomic E-state index is 11.2. The first-order valence-corrected chi connectivity index (χ1v) is 13.2. The minimum absolute atomic E-state index is 0.00949. The predicted octanol–water partition coefficient (Wildman–Crippen LogP) is 2.15. The van der Waals surface area contributed by atoms with Gasteiger partial charge in [0.05, 0.1) is 11.2 Å². The standard InChI is InChI=1S/C24H27N7O3S/c1-35(33,34)12-11-27-20-8-5-17(13-28-20)21(32)31-22(25)24(9-2-10-24)19-6-3-16(4-7-19)18-14-29-23(26)30-15-18/h3-8,13-15H,2,9-12H2,1H3,(H,27,28)(H2,25,31,32)(H2,26,29,30)/p+1. The molecule has 3 aromatic rings. The molecule has 35 heavy (non-hydrogen) atoms. The zero-order chi connectivity index (χ0) is 25.1. The summed E-state index contributed by atoms with van der Waals surface area (Å²) in [7, 11) is -3.05. The lowest BCUT2D eigenvalue weighted by molar-refractivity contribution is 0.336. The monoisotopic (exact) mass is 494 g/mol. The highest BCUT2D eigenvalue weighted by Gasteiger charge is 2.43. The number of nitrogen functional groups attached to an aromatic ring is 1. The Morgan fingerprint density at radius 3 is 2.31 bits per heavy atom. The lowest BCUT2D eigenvalue weighted by atomic mass is 9.63. The van der Waals surface area contributed by atoms with Crippen LogP contribution in [0.3, 0.4) is 0 Å². The first-order chi connectivity index (χ1) is 16.7. The largest absolute Gasteiger partial charge is 0.578 e. The number of hydrogen-bond donors (Lipinski definition) is 3. The number of anilines is 2. The molecule has 11 heteroatoms. The highest BCUT2D eigenvalue weighted by molar-refractivity contribution is 7.90. The van der Waals surface area contributed by atoms with E-state index < -0.39 is 15.3 Å². The molecule has 2 aromatic heterocycles. The average Bonchev–Trinajstić information content (AvgIpc) is 2.79. The van der Waals surface area contributed by atoms with Gasteiger partial charge in [0.15, 0.2) is 0 Å². The Morgan fingerprint density at radius 1 is 1.09 bits per heavy atom. The van der Waals surface area contributed by atoms with Crippen molar-refractivity contribution < 1.29 is 13.5 Å². The van der Waals surface area contributed by atoms with E-state index in [-0.39, 0.29) is 30.0 Å². The Kier molecular flexibility index (Phi) is 6.79. The molecule has 1 fully saturated rings. The van der Waals surface area contributed by atoms with E-state index in [0.717, 1.165) is 36.0 Å². The van der Waals surface area contributed by atoms with Crippen molar-refractivity contribution >= 4 is 33.3 Å². The van der Waals surface area contributed by atoms with Gasteiger partial charge in [-0.15, -0.1) is 4.99 Å².